The third-order valence-electron chi connectivity index (χ3n) is 4.96. The summed E-state index contributed by atoms with van der Waals surface area (Å²) >= 11 is 6.12. The van der Waals surface area contributed by atoms with Gasteiger partial charge in [-0.2, -0.15) is 0 Å². The van der Waals surface area contributed by atoms with Gasteiger partial charge < -0.3 is 15.1 Å². The Bertz CT molecular complexity index is 588. The minimum atomic E-state index is -0.277. The zero-order valence-corrected chi connectivity index (χ0v) is 17.9. The summed E-state index contributed by atoms with van der Waals surface area (Å²) in [5.41, 5.74) is 0.505. The lowest BCUT2D eigenvalue weighted by atomic mass is 10.1. The maximum Gasteiger partial charge on any atom is 0.193 e. The van der Waals surface area contributed by atoms with Crippen LogP contribution in [0.25, 0.3) is 0 Å². The van der Waals surface area contributed by atoms with Gasteiger partial charge in [-0.15, -0.1) is 24.0 Å². The highest BCUT2D eigenvalue weighted by molar-refractivity contribution is 14.0. The van der Waals surface area contributed by atoms with Crippen LogP contribution in [0.3, 0.4) is 0 Å². The van der Waals surface area contributed by atoms with Crippen LogP contribution in [0.1, 0.15) is 24.8 Å². The predicted molar refractivity (Wildman–Crippen MR) is 112 cm³/mol. The Hall–Kier alpha value is -0.600. The zero-order valence-electron chi connectivity index (χ0n) is 14.8. The number of guanidine groups is 1. The molecule has 0 aromatic heterocycles. The minimum absolute atomic E-state index is 0. The molecular formula is C18H27ClFIN4. The number of nitrogens with one attached hydrogen (secondary N) is 1. The largest absolute Gasteiger partial charge is 0.356 e. The number of halogens is 3. The van der Waals surface area contributed by atoms with E-state index in [0.717, 1.165) is 18.5 Å². The van der Waals surface area contributed by atoms with E-state index in [2.05, 4.69) is 15.2 Å². The number of hydrogen-bond acceptors (Lipinski definition) is 2. The molecule has 4 nitrogen and oxygen atoms in total. The fraction of sp³-hybridized carbons (Fsp3) is 0.611. The summed E-state index contributed by atoms with van der Waals surface area (Å²) in [6, 6.07) is 5.63. The van der Waals surface area contributed by atoms with Crippen molar-refractivity contribution in [2.75, 3.05) is 33.7 Å². The van der Waals surface area contributed by atoms with Gasteiger partial charge in [-0.3, -0.25) is 4.99 Å². The topological polar surface area (TPSA) is 30.9 Å². The first-order valence-electron chi connectivity index (χ1n) is 8.67. The second-order valence-corrected chi connectivity index (χ2v) is 7.27. The molecule has 7 heteroatoms. The molecular weight excluding hydrogens is 454 g/mol. The lowest BCUT2D eigenvalue weighted by Crippen LogP contribution is -2.41. The molecule has 1 unspecified atom stereocenters. The molecule has 1 N–H and O–H groups in total. The number of likely N-dealkylation sites (tertiary alicyclic amines) is 1. The van der Waals surface area contributed by atoms with E-state index in [9.17, 15) is 4.39 Å². The summed E-state index contributed by atoms with van der Waals surface area (Å²) in [6.45, 7) is 3.70. The monoisotopic (exact) mass is 480 g/mol. The minimum Gasteiger partial charge on any atom is -0.356 e. The standard InChI is InChI=1S/C18H26ClFN4.HI/c1-21-18(22-10-13-8-9-24(11-13)14-6-7-14)23(2)12-15-16(19)4-3-5-17(15)20;/h3-5,13-14H,6-12H2,1-2H3,(H,21,22);1H. The van der Waals surface area contributed by atoms with E-state index in [1.807, 2.05) is 11.9 Å². The first-order valence-corrected chi connectivity index (χ1v) is 9.05. The van der Waals surface area contributed by atoms with Crippen LogP contribution in [-0.2, 0) is 6.54 Å². The van der Waals surface area contributed by atoms with Gasteiger partial charge in [0.05, 0.1) is 0 Å². The summed E-state index contributed by atoms with van der Waals surface area (Å²) in [7, 11) is 3.66. The van der Waals surface area contributed by atoms with Crippen molar-refractivity contribution in [3.05, 3.63) is 34.6 Å². The smallest absolute Gasteiger partial charge is 0.193 e. The number of aliphatic imine (C=N–C) groups is 1. The van der Waals surface area contributed by atoms with Crippen molar-refractivity contribution in [2.24, 2.45) is 10.9 Å². The molecule has 0 spiro atoms. The molecule has 2 aliphatic rings. The predicted octanol–water partition coefficient (Wildman–Crippen LogP) is 3.59. The molecule has 1 atom stereocenters. The molecule has 1 aliphatic heterocycles. The van der Waals surface area contributed by atoms with Crippen LogP contribution in [-0.4, -0.2) is 55.5 Å². The Labute approximate surface area is 171 Å². The van der Waals surface area contributed by atoms with E-state index < -0.39 is 0 Å². The van der Waals surface area contributed by atoms with E-state index in [1.54, 1.807) is 19.2 Å². The highest BCUT2D eigenvalue weighted by atomic mass is 127. The number of benzene rings is 1. The van der Waals surface area contributed by atoms with Gasteiger partial charge in [0.25, 0.3) is 0 Å². The van der Waals surface area contributed by atoms with E-state index in [-0.39, 0.29) is 29.8 Å². The van der Waals surface area contributed by atoms with Crippen molar-refractivity contribution in [2.45, 2.75) is 31.8 Å². The quantitative estimate of drug-likeness (QED) is 0.397. The van der Waals surface area contributed by atoms with Gasteiger partial charge in [-0.25, -0.2) is 4.39 Å². The van der Waals surface area contributed by atoms with Crippen LogP contribution in [0.5, 0.6) is 0 Å². The van der Waals surface area contributed by atoms with Crippen molar-refractivity contribution in [3.63, 3.8) is 0 Å². The van der Waals surface area contributed by atoms with Crippen LogP contribution in [0.15, 0.2) is 23.2 Å². The molecule has 2 fully saturated rings. The van der Waals surface area contributed by atoms with Crippen molar-refractivity contribution in [1.82, 2.24) is 15.1 Å². The summed E-state index contributed by atoms with van der Waals surface area (Å²) in [5, 5.41) is 3.89. The van der Waals surface area contributed by atoms with Gasteiger partial charge in [-0.05, 0) is 43.9 Å². The van der Waals surface area contributed by atoms with Crippen LogP contribution in [0, 0.1) is 11.7 Å². The average Bonchev–Trinajstić information content (AvgIpc) is 3.31. The average molecular weight is 481 g/mol. The first kappa shape index (κ1) is 20.7. The maximum atomic E-state index is 14.0. The van der Waals surface area contributed by atoms with Crippen LogP contribution in [0.4, 0.5) is 4.39 Å². The molecule has 25 heavy (non-hydrogen) atoms. The lowest BCUT2D eigenvalue weighted by molar-refractivity contribution is 0.313. The normalized spacial score (nSPS) is 21.1. The van der Waals surface area contributed by atoms with E-state index >= 15 is 0 Å². The van der Waals surface area contributed by atoms with E-state index in [0.29, 0.717) is 23.0 Å². The summed E-state index contributed by atoms with van der Waals surface area (Å²) in [6.07, 6.45) is 3.98. The number of nitrogens with zero attached hydrogens (tertiary/aromatic N) is 3. The second kappa shape index (κ2) is 9.37. The fourth-order valence-electron chi connectivity index (χ4n) is 3.42. The van der Waals surface area contributed by atoms with Crippen LogP contribution < -0.4 is 5.32 Å². The summed E-state index contributed by atoms with van der Waals surface area (Å²) in [5.74, 6) is 1.16. The lowest BCUT2D eigenvalue weighted by Gasteiger charge is -2.24. The SMILES string of the molecule is CN=C(NCC1CCN(C2CC2)C1)N(C)Cc1c(F)cccc1Cl.I. The summed E-state index contributed by atoms with van der Waals surface area (Å²) < 4.78 is 14.0. The molecule has 3 rings (SSSR count). The van der Waals surface area contributed by atoms with E-state index in [4.69, 9.17) is 11.6 Å². The molecule has 1 heterocycles. The Morgan fingerprint density at radius 2 is 2.16 bits per heavy atom. The first-order chi connectivity index (χ1) is 11.6. The molecule has 1 saturated heterocycles. The molecule has 140 valence electrons. The van der Waals surface area contributed by atoms with E-state index in [1.165, 1.54) is 38.4 Å². The molecule has 1 aromatic carbocycles. The van der Waals surface area contributed by atoms with Gasteiger partial charge >= 0.3 is 0 Å². The van der Waals surface area contributed by atoms with Crippen molar-refractivity contribution in [1.29, 1.82) is 0 Å². The van der Waals surface area contributed by atoms with Crippen LogP contribution >= 0.6 is 35.6 Å². The molecule has 1 aromatic rings. The zero-order chi connectivity index (χ0) is 17.1. The summed E-state index contributed by atoms with van der Waals surface area (Å²) in [4.78, 5) is 8.85. The van der Waals surface area contributed by atoms with Crippen molar-refractivity contribution in [3.8, 4) is 0 Å². The van der Waals surface area contributed by atoms with Crippen LogP contribution in [0.2, 0.25) is 5.02 Å². The fourth-order valence-corrected chi connectivity index (χ4v) is 3.64. The van der Waals surface area contributed by atoms with Gasteiger partial charge in [0.1, 0.15) is 5.82 Å². The molecule has 0 bridgehead atoms. The van der Waals surface area contributed by atoms with Gasteiger partial charge in [0.2, 0.25) is 0 Å². The van der Waals surface area contributed by atoms with Gasteiger partial charge in [-0.1, -0.05) is 17.7 Å². The maximum absolute atomic E-state index is 14.0. The highest BCUT2D eigenvalue weighted by Crippen LogP contribution is 2.31. The number of rotatable bonds is 5. The third kappa shape index (κ3) is 5.44. The Balaban J connectivity index is 0.00000225. The second-order valence-electron chi connectivity index (χ2n) is 6.87. The number of hydrogen-bond donors (Lipinski definition) is 1. The Morgan fingerprint density at radius 3 is 2.80 bits per heavy atom. The Kier molecular flexibility index (Phi) is 7.76. The Morgan fingerprint density at radius 1 is 1.40 bits per heavy atom. The third-order valence-corrected chi connectivity index (χ3v) is 5.31. The molecule has 1 saturated carbocycles. The van der Waals surface area contributed by atoms with Crippen molar-refractivity contribution >= 4 is 41.5 Å². The molecule has 0 amide bonds. The molecule has 1 aliphatic carbocycles. The van der Waals surface area contributed by atoms with Gasteiger partial charge in [0.15, 0.2) is 5.96 Å². The van der Waals surface area contributed by atoms with Gasteiger partial charge in [0, 0.05) is 50.4 Å². The van der Waals surface area contributed by atoms with Crippen molar-refractivity contribution < 1.29 is 4.39 Å². The molecule has 0 radical (unpaired) electrons. The highest BCUT2D eigenvalue weighted by Gasteiger charge is 2.34.